The minimum atomic E-state index is -1.13. The fourth-order valence-corrected chi connectivity index (χ4v) is 10.9. The second-order valence-corrected chi connectivity index (χ2v) is 23.5. The Morgan fingerprint density at radius 2 is 0.597 bits per heavy atom. The highest BCUT2D eigenvalue weighted by Gasteiger charge is 2.36. The average molecular weight is 1020 g/mol. The van der Waals surface area contributed by atoms with Crippen LogP contribution in [0, 0.1) is 11.3 Å². The second kappa shape index (κ2) is 55.8. The van der Waals surface area contributed by atoms with Crippen molar-refractivity contribution in [1.82, 2.24) is 0 Å². The van der Waals surface area contributed by atoms with Gasteiger partial charge in [0.2, 0.25) is 0 Å². The molecule has 0 aliphatic carbocycles. The predicted molar refractivity (Wildman–Crippen MR) is 311 cm³/mol. The van der Waals surface area contributed by atoms with Crippen LogP contribution in [-0.2, 0) is 19.1 Å². The third-order valence-electron chi connectivity index (χ3n) is 16.3. The van der Waals surface area contributed by atoms with Crippen LogP contribution in [0.15, 0.2) is 12.2 Å². The molecular formula is C66H126O6. The van der Waals surface area contributed by atoms with E-state index in [1.165, 1.54) is 315 Å². The molecule has 1 aliphatic heterocycles. The van der Waals surface area contributed by atoms with Crippen LogP contribution in [0.25, 0.3) is 0 Å². The van der Waals surface area contributed by atoms with Crippen LogP contribution in [0.2, 0.25) is 0 Å². The minimum Gasteiger partial charge on any atom is -0.465 e. The van der Waals surface area contributed by atoms with Gasteiger partial charge in [-0.3, -0.25) is 9.59 Å². The lowest BCUT2D eigenvalue weighted by Crippen LogP contribution is -2.40. The molecule has 1 aliphatic rings. The summed E-state index contributed by atoms with van der Waals surface area (Å²) in [5.41, 5.74) is -1.13. The molecule has 426 valence electrons. The summed E-state index contributed by atoms with van der Waals surface area (Å²) in [7, 11) is 0. The van der Waals surface area contributed by atoms with Gasteiger partial charge in [-0.05, 0) is 32.1 Å². The zero-order valence-electron chi connectivity index (χ0n) is 48.5. The van der Waals surface area contributed by atoms with Gasteiger partial charge in [0.15, 0.2) is 0 Å². The molecule has 0 bridgehead atoms. The lowest BCUT2D eigenvalue weighted by atomic mass is 9.92. The third-order valence-corrected chi connectivity index (χ3v) is 16.3. The van der Waals surface area contributed by atoms with Crippen LogP contribution in [0.5, 0.6) is 0 Å². The van der Waals surface area contributed by atoms with E-state index in [1.807, 2.05) is 0 Å². The van der Waals surface area contributed by atoms with Gasteiger partial charge in [0.1, 0.15) is 13.2 Å². The zero-order valence-corrected chi connectivity index (χ0v) is 48.5. The number of hydrogen-bond acceptors (Lipinski definition) is 6. The highest BCUT2D eigenvalue weighted by molar-refractivity contribution is 5.80. The maximum atomic E-state index is 12.5. The molecule has 1 heterocycles. The van der Waals surface area contributed by atoms with Gasteiger partial charge in [-0.25, -0.2) is 0 Å². The van der Waals surface area contributed by atoms with Gasteiger partial charge in [0, 0.05) is 0 Å². The van der Waals surface area contributed by atoms with E-state index >= 15 is 0 Å². The maximum Gasteiger partial charge on any atom is 0.309 e. The van der Waals surface area contributed by atoms with E-state index in [0.29, 0.717) is 6.42 Å². The summed E-state index contributed by atoms with van der Waals surface area (Å²) in [6.45, 7) is 1.19. The van der Waals surface area contributed by atoms with Crippen LogP contribution >= 0.6 is 0 Å². The van der Waals surface area contributed by atoms with Crippen molar-refractivity contribution in [3.8, 4) is 0 Å². The van der Waals surface area contributed by atoms with Crippen molar-refractivity contribution in [2.75, 3.05) is 26.4 Å². The number of allylic oxidation sites excluding steroid dienone is 2. The Balaban J connectivity index is 1.68. The van der Waals surface area contributed by atoms with E-state index in [0.717, 1.165) is 25.7 Å². The first-order chi connectivity index (χ1) is 35.6. The Morgan fingerprint density at radius 3 is 0.861 bits per heavy atom. The van der Waals surface area contributed by atoms with Crippen molar-refractivity contribution in [3.05, 3.63) is 12.2 Å². The van der Waals surface area contributed by atoms with Crippen molar-refractivity contribution in [1.29, 1.82) is 0 Å². The molecule has 6 nitrogen and oxygen atoms in total. The maximum absolute atomic E-state index is 12.5. The number of carbonyl (C=O) groups excluding carboxylic acids is 2. The van der Waals surface area contributed by atoms with E-state index in [9.17, 15) is 19.8 Å². The van der Waals surface area contributed by atoms with Gasteiger partial charge in [0.05, 0.1) is 31.0 Å². The lowest BCUT2D eigenvalue weighted by molar-refractivity contribution is -0.155. The molecule has 1 atom stereocenters. The standard InChI is InChI=1S/C66H126O6/c1-2-3-4-5-6-7-8-9-10-11-12-13-14-15-16-17-18-19-20-21-22-23-24-25-26-27-28-29-30-31-32-33-34-35-36-37-38-39-40-41-42-43-44-45-46-47-48-49-50-51-52-53-54-55-56-57-63-58-64(69)71-61-66(59-67,60-68)62-72-65(63)70/h49-50,63,67-68H,2-48,51-62H2,1H3/b50-49+. The Bertz CT molecular complexity index is 1130. The molecule has 0 aromatic heterocycles. The highest BCUT2D eigenvalue weighted by Crippen LogP contribution is 2.25. The molecule has 0 radical (unpaired) electrons. The SMILES string of the molecule is CCCCCCCCCCCCCCCCCCCCCCCCCCCCCCCCCCCCCCCCCCCCCCCC/C=C/CCCCCCCC1CC(=O)OCC(CO)(CO)COC1=O. The largest absolute Gasteiger partial charge is 0.465 e. The van der Waals surface area contributed by atoms with Gasteiger partial charge >= 0.3 is 11.9 Å². The number of aliphatic hydroxyl groups is 2. The molecular weight excluding hydrogens is 889 g/mol. The number of unbranched alkanes of at least 4 members (excludes halogenated alkanes) is 51. The minimum absolute atomic E-state index is 0.00355. The number of hydrogen-bond donors (Lipinski definition) is 2. The monoisotopic (exact) mass is 1010 g/mol. The van der Waals surface area contributed by atoms with Crippen molar-refractivity contribution in [2.24, 2.45) is 11.3 Å². The smallest absolute Gasteiger partial charge is 0.309 e. The summed E-state index contributed by atoms with van der Waals surface area (Å²) in [4.78, 5) is 24.7. The summed E-state index contributed by atoms with van der Waals surface area (Å²) in [6.07, 6.45) is 80.2. The second-order valence-electron chi connectivity index (χ2n) is 23.5. The van der Waals surface area contributed by atoms with Gasteiger partial charge in [-0.2, -0.15) is 0 Å². The number of rotatable bonds is 57. The topological polar surface area (TPSA) is 93.1 Å². The summed E-state index contributed by atoms with van der Waals surface area (Å²) < 4.78 is 10.6. The fourth-order valence-electron chi connectivity index (χ4n) is 10.9. The third kappa shape index (κ3) is 47.1. The Kier molecular flexibility index (Phi) is 53.2. The number of carbonyl (C=O) groups is 2. The quantitative estimate of drug-likeness (QED) is 0.0358. The van der Waals surface area contributed by atoms with Crippen LogP contribution < -0.4 is 0 Å². The van der Waals surface area contributed by atoms with E-state index in [1.54, 1.807) is 0 Å². The predicted octanol–water partition coefficient (Wildman–Crippen LogP) is 20.7. The molecule has 0 spiro atoms. The molecule has 0 amide bonds. The Morgan fingerprint density at radius 1 is 0.361 bits per heavy atom. The molecule has 0 aromatic rings. The van der Waals surface area contributed by atoms with Crippen molar-refractivity contribution >= 4 is 11.9 Å². The molecule has 6 heteroatoms. The van der Waals surface area contributed by atoms with E-state index in [2.05, 4.69) is 19.1 Å². The van der Waals surface area contributed by atoms with E-state index in [4.69, 9.17) is 9.47 Å². The fraction of sp³-hybridized carbons (Fsp3) is 0.939. The molecule has 1 unspecified atom stereocenters. The highest BCUT2D eigenvalue weighted by atomic mass is 16.6. The van der Waals surface area contributed by atoms with Crippen molar-refractivity contribution < 1.29 is 29.3 Å². The molecule has 2 N–H and O–H groups in total. The first-order valence-electron chi connectivity index (χ1n) is 32.8. The molecule has 0 saturated carbocycles. The lowest BCUT2D eigenvalue weighted by Gasteiger charge is -2.27. The Hall–Kier alpha value is -1.40. The summed E-state index contributed by atoms with van der Waals surface area (Å²) in [6, 6.07) is 0. The Labute approximate surface area is 449 Å². The van der Waals surface area contributed by atoms with Crippen LogP contribution in [0.3, 0.4) is 0 Å². The number of cyclic esters (lactones) is 2. The molecule has 0 aromatic carbocycles. The van der Waals surface area contributed by atoms with E-state index < -0.39 is 36.5 Å². The number of esters is 2. The van der Waals surface area contributed by atoms with Gasteiger partial charge in [-0.15, -0.1) is 0 Å². The molecule has 1 saturated heterocycles. The first kappa shape index (κ1) is 68.6. The van der Waals surface area contributed by atoms with Crippen LogP contribution in [0.4, 0.5) is 0 Å². The summed E-state index contributed by atoms with van der Waals surface area (Å²) in [5, 5.41) is 19.2. The van der Waals surface area contributed by atoms with Crippen LogP contribution in [-0.4, -0.2) is 48.6 Å². The zero-order chi connectivity index (χ0) is 51.8. The summed E-state index contributed by atoms with van der Waals surface area (Å²) in [5.74, 6) is -1.42. The molecule has 1 fully saturated rings. The molecule has 72 heavy (non-hydrogen) atoms. The molecule has 1 rings (SSSR count). The number of ether oxygens (including phenoxy) is 2. The van der Waals surface area contributed by atoms with Crippen molar-refractivity contribution in [3.63, 3.8) is 0 Å². The first-order valence-corrected chi connectivity index (χ1v) is 32.8. The summed E-state index contributed by atoms with van der Waals surface area (Å²) >= 11 is 0. The number of aliphatic hydroxyl groups excluding tert-OH is 2. The van der Waals surface area contributed by atoms with Gasteiger partial charge < -0.3 is 19.7 Å². The normalized spacial score (nSPS) is 15.2. The van der Waals surface area contributed by atoms with Gasteiger partial charge in [0.25, 0.3) is 0 Å². The van der Waals surface area contributed by atoms with Crippen molar-refractivity contribution in [2.45, 2.75) is 360 Å². The van der Waals surface area contributed by atoms with Gasteiger partial charge in [-0.1, -0.05) is 334 Å². The van der Waals surface area contributed by atoms with Crippen LogP contribution in [0.1, 0.15) is 360 Å². The average Bonchev–Trinajstić information content (AvgIpc) is 3.45. The van der Waals surface area contributed by atoms with E-state index in [-0.39, 0.29) is 19.6 Å².